The fourth-order valence-electron chi connectivity index (χ4n) is 3.13. The molecule has 0 aromatic heterocycles. The topological polar surface area (TPSA) is 77.2 Å². The van der Waals surface area contributed by atoms with Gasteiger partial charge in [-0.1, -0.05) is 0 Å². The standard InChI is InChI=1S/C24H22F7N3O3/c1-34(17-4-2-16(25)3-5-17)22(35)37-21-19(14(12-32)13-33-8-9-36-18-6-7-18)10-15(23(26,27)28)11-20(21)24(29,30)31/h2-5,10-13,18H,6-9,32H2,1H3/b14-12+,33-13?. The first-order chi connectivity index (χ1) is 17.3. The predicted octanol–water partition coefficient (Wildman–Crippen LogP) is 6.05. The van der Waals surface area contributed by atoms with Crippen LogP contribution in [0.3, 0.4) is 0 Å². The number of alkyl halides is 6. The molecular formula is C24H22F7N3O3. The van der Waals surface area contributed by atoms with Crippen LogP contribution < -0.4 is 15.4 Å². The van der Waals surface area contributed by atoms with Crippen molar-refractivity contribution in [3.05, 3.63) is 65.1 Å². The van der Waals surface area contributed by atoms with Crippen LogP contribution in [0.5, 0.6) is 5.75 Å². The minimum Gasteiger partial charge on any atom is -0.409 e. The second-order valence-corrected chi connectivity index (χ2v) is 8.03. The lowest BCUT2D eigenvalue weighted by Gasteiger charge is -2.22. The van der Waals surface area contributed by atoms with Crippen molar-refractivity contribution in [3.63, 3.8) is 0 Å². The van der Waals surface area contributed by atoms with Crippen LogP contribution in [0.15, 0.2) is 47.6 Å². The van der Waals surface area contributed by atoms with Gasteiger partial charge < -0.3 is 15.2 Å². The van der Waals surface area contributed by atoms with Crippen LogP contribution in [-0.2, 0) is 17.1 Å². The van der Waals surface area contributed by atoms with Crippen molar-refractivity contribution in [3.8, 4) is 5.75 Å². The van der Waals surface area contributed by atoms with Crippen molar-refractivity contribution in [1.29, 1.82) is 0 Å². The highest BCUT2D eigenvalue weighted by atomic mass is 19.4. The maximum Gasteiger partial charge on any atom is 0.420 e. The van der Waals surface area contributed by atoms with Crippen molar-refractivity contribution in [2.24, 2.45) is 10.7 Å². The smallest absolute Gasteiger partial charge is 0.409 e. The van der Waals surface area contributed by atoms with Gasteiger partial charge in [-0.2, -0.15) is 26.3 Å². The normalized spacial score (nSPS) is 14.8. The fourth-order valence-corrected chi connectivity index (χ4v) is 3.13. The minimum atomic E-state index is -5.34. The highest BCUT2D eigenvalue weighted by Gasteiger charge is 2.41. The van der Waals surface area contributed by atoms with Crippen LogP contribution in [0.25, 0.3) is 5.57 Å². The molecule has 0 saturated heterocycles. The number of amides is 1. The third-order valence-electron chi connectivity index (χ3n) is 5.22. The molecule has 1 amide bonds. The molecule has 13 heteroatoms. The molecule has 2 N–H and O–H groups in total. The second kappa shape index (κ2) is 11.2. The van der Waals surface area contributed by atoms with E-state index in [4.69, 9.17) is 15.2 Å². The molecule has 0 atom stereocenters. The molecule has 3 rings (SSSR count). The molecule has 200 valence electrons. The van der Waals surface area contributed by atoms with Gasteiger partial charge in [0.25, 0.3) is 0 Å². The molecule has 0 spiro atoms. The third-order valence-corrected chi connectivity index (χ3v) is 5.22. The average Bonchev–Trinajstić information content (AvgIpc) is 3.64. The van der Waals surface area contributed by atoms with E-state index < -0.39 is 46.7 Å². The number of hydrogen-bond donors (Lipinski definition) is 1. The zero-order chi connectivity index (χ0) is 27.4. The lowest BCUT2D eigenvalue weighted by Crippen LogP contribution is -2.30. The SMILES string of the molecule is CN(C(=O)Oc1c(/C(C=NCCOC2CC2)=C/N)cc(C(F)(F)F)cc1C(F)(F)F)c1ccc(F)cc1. The molecule has 1 saturated carbocycles. The summed E-state index contributed by atoms with van der Waals surface area (Å²) in [7, 11) is 1.13. The molecule has 1 fully saturated rings. The van der Waals surface area contributed by atoms with Gasteiger partial charge in [-0.25, -0.2) is 9.18 Å². The Hall–Kier alpha value is -3.61. The molecule has 0 radical (unpaired) electrons. The van der Waals surface area contributed by atoms with Crippen molar-refractivity contribution in [2.75, 3.05) is 25.1 Å². The number of halogens is 7. The van der Waals surface area contributed by atoms with Gasteiger partial charge in [-0.15, -0.1) is 0 Å². The number of benzene rings is 2. The van der Waals surface area contributed by atoms with Crippen LogP contribution >= 0.6 is 0 Å². The third kappa shape index (κ3) is 7.44. The van der Waals surface area contributed by atoms with Crippen molar-refractivity contribution >= 4 is 23.6 Å². The van der Waals surface area contributed by atoms with Gasteiger partial charge in [-0.05, 0) is 49.2 Å². The number of ether oxygens (including phenoxy) is 2. The number of nitrogens with zero attached hydrogens (tertiary/aromatic N) is 2. The van der Waals surface area contributed by atoms with E-state index in [1.807, 2.05) is 0 Å². The Morgan fingerprint density at radius 3 is 2.30 bits per heavy atom. The van der Waals surface area contributed by atoms with E-state index >= 15 is 0 Å². The fraction of sp³-hybridized carbons (Fsp3) is 0.333. The van der Waals surface area contributed by atoms with Crippen LogP contribution in [0.4, 0.5) is 41.2 Å². The monoisotopic (exact) mass is 533 g/mol. The Kier molecular flexibility index (Phi) is 8.46. The summed E-state index contributed by atoms with van der Waals surface area (Å²) in [6.07, 6.45) is -8.20. The molecule has 0 heterocycles. The number of nitrogens with two attached hydrogens (primary N) is 1. The summed E-state index contributed by atoms with van der Waals surface area (Å²) in [4.78, 5) is 17.4. The first-order valence-electron chi connectivity index (χ1n) is 10.9. The molecular weight excluding hydrogens is 511 g/mol. The van der Waals surface area contributed by atoms with Crippen LogP contribution in [0.2, 0.25) is 0 Å². The Morgan fingerprint density at radius 2 is 1.76 bits per heavy atom. The molecule has 2 aromatic rings. The molecule has 0 bridgehead atoms. The summed E-state index contributed by atoms with van der Waals surface area (Å²) in [5, 5.41) is 0. The van der Waals surface area contributed by atoms with Crippen molar-refractivity contribution < 1.29 is 45.0 Å². The maximum atomic E-state index is 13.9. The first kappa shape index (κ1) is 28.0. The molecule has 0 unspecified atom stereocenters. The largest absolute Gasteiger partial charge is 0.420 e. The quantitative estimate of drug-likeness (QED) is 0.255. The Morgan fingerprint density at radius 1 is 1.11 bits per heavy atom. The van der Waals surface area contributed by atoms with Gasteiger partial charge in [0.15, 0.2) is 5.75 Å². The van der Waals surface area contributed by atoms with Crippen LogP contribution in [0, 0.1) is 5.82 Å². The highest BCUT2D eigenvalue weighted by Crippen LogP contribution is 2.44. The average molecular weight is 533 g/mol. The zero-order valence-corrected chi connectivity index (χ0v) is 19.4. The summed E-state index contributed by atoms with van der Waals surface area (Å²) in [5.74, 6) is -1.83. The van der Waals surface area contributed by atoms with Crippen LogP contribution in [0.1, 0.15) is 29.5 Å². The number of allylic oxidation sites excluding steroid dienone is 1. The van der Waals surface area contributed by atoms with E-state index in [1.165, 1.54) is 0 Å². The summed E-state index contributed by atoms with van der Waals surface area (Å²) < 4.78 is 106. The van der Waals surface area contributed by atoms with Gasteiger partial charge in [0, 0.05) is 36.3 Å². The van der Waals surface area contributed by atoms with E-state index in [1.54, 1.807) is 0 Å². The number of carbonyl (C=O) groups excluding carboxylic acids is 1. The van der Waals surface area contributed by atoms with E-state index in [2.05, 4.69) is 4.99 Å². The minimum absolute atomic E-state index is 0.0558. The number of rotatable bonds is 8. The van der Waals surface area contributed by atoms with E-state index in [0.29, 0.717) is 6.07 Å². The van der Waals surface area contributed by atoms with E-state index in [-0.39, 0.29) is 36.6 Å². The summed E-state index contributed by atoms with van der Waals surface area (Å²) >= 11 is 0. The number of aliphatic imine (C=N–C) groups is 1. The van der Waals surface area contributed by atoms with Gasteiger partial charge >= 0.3 is 18.4 Å². The first-order valence-corrected chi connectivity index (χ1v) is 10.9. The summed E-state index contributed by atoms with van der Waals surface area (Å²) in [5.41, 5.74) is 1.00. The number of carbonyl (C=O) groups is 1. The number of anilines is 1. The van der Waals surface area contributed by atoms with Gasteiger partial charge in [0.1, 0.15) is 5.82 Å². The Balaban J connectivity index is 2.03. The van der Waals surface area contributed by atoms with E-state index in [9.17, 15) is 35.5 Å². The highest BCUT2D eigenvalue weighted by molar-refractivity contribution is 6.11. The lowest BCUT2D eigenvalue weighted by molar-refractivity contribution is -0.143. The van der Waals surface area contributed by atoms with Crippen LogP contribution in [-0.4, -0.2) is 38.6 Å². The molecule has 6 nitrogen and oxygen atoms in total. The maximum absolute atomic E-state index is 13.9. The number of hydrogen-bond acceptors (Lipinski definition) is 5. The van der Waals surface area contributed by atoms with Crippen molar-refractivity contribution in [1.82, 2.24) is 0 Å². The molecule has 1 aliphatic carbocycles. The predicted molar refractivity (Wildman–Crippen MR) is 122 cm³/mol. The molecule has 37 heavy (non-hydrogen) atoms. The summed E-state index contributed by atoms with van der Waals surface area (Å²) in [6, 6.07) is 4.57. The van der Waals surface area contributed by atoms with Gasteiger partial charge in [0.2, 0.25) is 0 Å². The molecule has 0 aliphatic heterocycles. The van der Waals surface area contributed by atoms with Gasteiger partial charge in [0.05, 0.1) is 30.4 Å². The molecule has 2 aromatic carbocycles. The Bertz CT molecular complexity index is 1170. The van der Waals surface area contributed by atoms with E-state index in [0.717, 1.165) is 61.5 Å². The Labute approximate surface area is 207 Å². The van der Waals surface area contributed by atoms with Gasteiger partial charge in [-0.3, -0.25) is 9.89 Å². The lowest BCUT2D eigenvalue weighted by atomic mass is 9.98. The summed E-state index contributed by atoms with van der Waals surface area (Å²) in [6.45, 7) is 0.265. The second-order valence-electron chi connectivity index (χ2n) is 8.03. The van der Waals surface area contributed by atoms with Crippen molar-refractivity contribution in [2.45, 2.75) is 31.3 Å². The zero-order valence-electron chi connectivity index (χ0n) is 19.4. The molecule has 1 aliphatic rings.